The van der Waals surface area contributed by atoms with Gasteiger partial charge in [0, 0.05) is 12.7 Å². The summed E-state index contributed by atoms with van der Waals surface area (Å²) in [5.41, 5.74) is -1.93. The summed E-state index contributed by atoms with van der Waals surface area (Å²) in [5, 5.41) is 10.7. The lowest BCUT2D eigenvalue weighted by Crippen LogP contribution is -2.33. The van der Waals surface area contributed by atoms with Crippen molar-refractivity contribution in [3.8, 4) is 0 Å². The number of carbonyl (C=O) groups is 2. The molecule has 0 saturated heterocycles. The maximum Gasteiger partial charge on any atom is 0.434 e. The molecule has 19 heavy (non-hydrogen) atoms. The molecule has 1 heterocycles. The number of hydrogen-bond acceptors (Lipinski definition) is 3. The average molecular weight is 276 g/mol. The van der Waals surface area contributed by atoms with Crippen LogP contribution in [-0.2, 0) is 11.0 Å². The predicted octanol–water partition coefficient (Wildman–Crippen LogP) is 1.55. The largest absolute Gasteiger partial charge is 0.481 e. The molecule has 104 valence electrons. The first kappa shape index (κ1) is 14.9. The van der Waals surface area contributed by atoms with Crippen molar-refractivity contribution in [2.45, 2.75) is 13.1 Å². The number of carboxylic acid groups (broad SMARTS) is 1. The Labute approximate surface area is 106 Å². The van der Waals surface area contributed by atoms with Crippen molar-refractivity contribution in [2.75, 3.05) is 6.54 Å². The highest BCUT2D eigenvalue weighted by atomic mass is 19.4. The zero-order valence-electron chi connectivity index (χ0n) is 9.86. The van der Waals surface area contributed by atoms with E-state index in [2.05, 4.69) is 10.3 Å². The highest BCUT2D eigenvalue weighted by Crippen LogP contribution is 2.29. The first-order valence-corrected chi connectivity index (χ1v) is 5.26. The lowest BCUT2D eigenvalue weighted by molar-refractivity contribution is -0.142. The molecule has 8 heteroatoms. The molecule has 1 aromatic rings. The van der Waals surface area contributed by atoms with E-state index in [1.807, 2.05) is 0 Å². The van der Waals surface area contributed by atoms with Crippen LogP contribution in [0.25, 0.3) is 0 Å². The third kappa shape index (κ3) is 3.94. The van der Waals surface area contributed by atoms with Crippen molar-refractivity contribution < 1.29 is 27.9 Å². The number of pyridine rings is 1. The molecule has 1 aromatic heterocycles. The fourth-order valence-electron chi connectivity index (χ4n) is 1.24. The average Bonchev–Trinajstić information content (AvgIpc) is 2.34. The SMILES string of the molecule is CC(CNC(=O)c1cccnc1C(F)(F)F)C(=O)O. The van der Waals surface area contributed by atoms with Crippen LogP contribution in [0, 0.1) is 5.92 Å². The van der Waals surface area contributed by atoms with E-state index in [-0.39, 0.29) is 6.54 Å². The van der Waals surface area contributed by atoms with Gasteiger partial charge in [0.25, 0.3) is 5.91 Å². The van der Waals surface area contributed by atoms with Gasteiger partial charge in [0.2, 0.25) is 0 Å². The van der Waals surface area contributed by atoms with Crippen molar-refractivity contribution in [1.82, 2.24) is 10.3 Å². The van der Waals surface area contributed by atoms with Gasteiger partial charge in [-0.1, -0.05) is 6.92 Å². The van der Waals surface area contributed by atoms with Gasteiger partial charge in [-0.2, -0.15) is 13.2 Å². The van der Waals surface area contributed by atoms with Crippen molar-refractivity contribution in [1.29, 1.82) is 0 Å². The number of aromatic nitrogens is 1. The van der Waals surface area contributed by atoms with Crippen molar-refractivity contribution in [3.63, 3.8) is 0 Å². The van der Waals surface area contributed by atoms with E-state index in [0.29, 0.717) is 0 Å². The number of halogens is 3. The maximum absolute atomic E-state index is 12.6. The van der Waals surface area contributed by atoms with E-state index in [1.54, 1.807) is 0 Å². The lowest BCUT2D eigenvalue weighted by Gasteiger charge is -2.12. The molecule has 0 aromatic carbocycles. The van der Waals surface area contributed by atoms with Crippen LogP contribution >= 0.6 is 0 Å². The highest BCUT2D eigenvalue weighted by molar-refractivity contribution is 5.95. The van der Waals surface area contributed by atoms with Crippen LogP contribution in [0.5, 0.6) is 0 Å². The van der Waals surface area contributed by atoms with E-state index >= 15 is 0 Å². The Morgan fingerprint density at radius 1 is 1.47 bits per heavy atom. The van der Waals surface area contributed by atoms with E-state index in [0.717, 1.165) is 12.3 Å². The van der Waals surface area contributed by atoms with Gasteiger partial charge in [-0.3, -0.25) is 14.6 Å². The molecule has 0 fully saturated rings. The summed E-state index contributed by atoms with van der Waals surface area (Å²) in [7, 11) is 0. The molecule has 1 atom stereocenters. The molecular formula is C11H11F3N2O3. The van der Waals surface area contributed by atoms with Gasteiger partial charge in [0.15, 0.2) is 5.69 Å². The maximum atomic E-state index is 12.6. The van der Waals surface area contributed by atoms with Crippen LogP contribution in [0.15, 0.2) is 18.3 Å². The molecule has 0 saturated carbocycles. The number of carbonyl (C=O) groups excluding carboxylic acids is 1. The molecule has 0 bridgehead atoms. The van der Waals surface area contributed by atoms with Crippen LogP contribution < -0.4 is 5.32 Å². The molecule has 0 spiro atoms. The van der Waals surface area contributed by atoms with Crippen molar-refractivity contribution in [2.24, 2.45) is 5.92 Å². The normalized spacial score (nSPS) is 12.8. The van der Waals surface area contributed by atoms with Gasteiger partial charge in [-0.05, 0) is 12.1 Å². The monoisotopic (exact) mass is 276 g/mol. The number of nitrogens with one attached hydrogen (secondary N) is 1. The molecule has 0 radical (unpaired) electrons. The van der Waals surface area contributed by atoms with Crippen LogP contribution in [0.3, 0.4) is 0 Å². The number of carboxylic acids is 1. The zero-order valence-corrected chi connectivity index (χ0v) is 9.86. The second-order valence-electron chi connectivity index (χ2n) is 3.85. The third-order valence-corrected chi connectivity index (χ3v) is 2.31. The Morgan fingerprint density at radius 2 is 2.11 bits per heavy atom. The summed E-state index contributed by atoms with van der Waals surface area (Å²) in [5.74, 6) is -3.05. The summed E-state index contributed by atoms with van der Waals surface area (Å²) < 4.78 is 37.8. The van der Waals surface area contributed by atoms with Gasteiger partial charge >= 0.3 is 12.1 Å². The lowest BCUT2D eigenvalue weighted by atomic mass is 10.1. The molecule has 0 aliphatic rings. The molecule has 1 rings (SSSR count). The minimum absolute atomic E-state index is 0.264. The van der Waals surface area contributed by atoms with Gasteiger partial charge in [0.1, 0.15) is 0 Å². The Morgan fingerprint density at radius 3 is 2.63 bits per heavy atom. The number of rotatable bonds is 4. The highest BCUT2D eigenvalue weighted by Gasteiger charge is 2.36. The standard InChI is InChI=1S/C11H11F3N2O3/c1-6(10(18)19)5-16-9(17)7-3-2-4-15-8(7)11(12,13)14/h2-4,6H,5H2,1H3,(H,16,17)(H,18,19). The number of aliphatic carboxylic acids is 1. The summed E-state index contributed by atoms with van der Waals surface area (Å²) in [6, 6.07) is 2.18. The Kier molecular flexibility index (Phi) is 4.47. The van der Waals surface area contributed by atoms with Crippen molar-refractivity contribution >= 4 is 11.9 Å². The van der Waals surface area contributed by atoms with Crippen molar-refractivity contribution in [3.05, 3.63) is 29.6 Å². The van der Waals surface area contributed by atoms with Crippen LogP contribution in [0.2, 0.25) is 0 Å². The second kappa shape index (κ2) is 5.68. The summed E-state index contributed by atoms with van der Waals surface area (Å²) in [4.78, 5) is 25.3. The second-order valence-corrected chi connectivity index (χ2v) is 3.85. The smallest absolute Gasteiger partial charge is 0.434 e. The van der Waals surface area contributed by atoms with Crippen LogP contribution in [-0.4, -0.2) is 28.5 Å². The van der Waals surface area contributed by atoms with Gasteiger partial charge in [-0.15, -0.1) is 0 Å². The first-order valence-electron chi connectivity index (χ1n) is 5.26. The molecule has 5 nitrogen and oxygen atoms in total. The van der Waals surface area contributed by atoms with Gasteiger partial charge in [-0.25, -0.2) is 0 Å². The topological polar surface area (TPSA) is 79.3 Å². The molecule has 2 N–H and O–H groups in total. The van der Waals surface area contributed by atoms with E-state index in [4.69, 9.17) is 5.11 Å². The van der Waals surface area contributed by atoms with Gasteiger partial charge in [0.05, 0.1) is 11.5 Å². The summed E-state index contributed by atoms with van der Waals surface area (Å²) >= 11 is 0. The molecule has 1 unspecified atom stereocenters. The Bertz CT molecular complexity index is 488. The van der Waals surface area contributed by atoms with Crippen LogP contribution in [0.1, 0.15) is 23.0 Å². The van der Waals surface area contributed by atoms with E-state index in [9.17, 15) is 22.8 Å². The number of nitrogens with zero attached hydrogens (tertiary/aromatic N) is 1. The quantitative estimate of drug-likeness (QED) is 0.874. The molecule has 0 aliphatic heterocycles. The zero-order chi connectivity index (χ0) is 14.6. The minimum atomic E-state index is -4.74. The number of amides is 1. The van der Waals surface area contributed by atoms with Crippen LogP contribution in [0.4, 0.5) is 13.2 Å². The Hall–Kier alpha value is -2.12. The number of alkyl halides is 3. The first-order chi connectivity index (χ1) is 8.73. The van der Waals surface area contributed by atoms with E-state index in [1.165, 1.54) is 13.0 Å². The predicted molar refractivity (Wildman–Crippen MR) is 58.4 cm³/mol. The Balaban J connectivity index is 2.86. The fraction of sp³-hybridized carbons (Fsp3) is 0.364. The van der Waals surface area contributed by atoms with Gasteiger partial charge < -0.3 is 10.4 Å². The summed E-state index contributed by atoms with van der Waals surface area (Å²) in [6.45, 7) is 1.07. The molecular weight excluding hydrogens is 265 g/mol. The fourth-order valence-corrected chi connectivity index (χ4v) is 1.24. The third-order valence-electron chi connectivity index (χ3n) is 2.31. The minimum Gasteiger partial charge on any atom is -0.481 e. The summed E-state index contributed by atoms with van der Waals surface area (Å²) in [6.07, 6.45) is -3.81. The molecule has 0 aliphatic carbocycles. The van der Waals surface area contributed by atoms with E-state index < -0.39 is 35.2 Å². The molecule has 1 amide bonds. The number of hydrogen-bond donors (Lipinski definition) is 2.